The standard InChI is InChI=1S/C14H13N5O2/c15-7-4-8-16-14(21)12-11(9-17-19-12)18-13(20)10-5-2-1-3-6-10/h1-3,5-6,9H,4,8H2,(H,16,21)(H,17,19)(H,18,20). The molecule has 3 N–H and O–H groups in total. The summed E-state index contributed by atoms with van der Waals surface area (Å²) in [5.74, 6) is -0.780. The molecular weight excluding hydrogens is 270 g/mol. The third kappa shape index (κ3) is 3.67. The number of hydrogen-bond donors (Lipinski definition) is 3. The van der Waals surface area contributed by atoms with Gasteiger partial charge in [0.1, 0.15) is 0 Å². The summed E-state index contributed by atoms with van der Waals surface area (Å²) >= 11 is 0. The number of nitriles is 1. The van der Waals surface area contributed by atoms with Crippen LogP contribution in [0.25, 0.3) is 0 Å². The number of anilines is 1. The van der Waals surface area contributed by atoms with Gasteiger partial charge in [0.25, 0.3) is 11.8 Å². The second-order valence-electron chi connectivity index (χ2n) is 4.13. The molecule has 0 aliphatic heterocycles. The number of amides is 2. The van der Waals surface area contributed by atoms with E-state index in [9.17, 15) is 9.59 Å². The van der Waals surface area contributed by atoms with Crippen LogP contribution in [0.4, 0.5) is 5.69 Å². The Morgan fingerprint density at radius 1 is 1.24 bits per heavy atom. The predicted octanol–water partition coefficient (Wildman–Crippen LogP) is 1.31. The van der Waals surface area contributed by atoms with Gasteiger partial charge in [-0.1, -0.05) is 18.2 Å². The van der Waals surface area contributed by atoms with Crippen LogP contribution in [0.3, 0.4) is 0 Å². The van der Waals surface area contributed by atoms with Gasteiger partial charge in [0.2, 0.25) is 0 Å². The average molecular weight is 283 g/mol. The molecule has 0 spiro atoms. The normalized spacial score (nSPS) is 9.67. The van der Waals surface area contributed by atoms with Crippen LogP contribution in [0, 0.1) is 11.3 Å². The third-order valence-corrected chi connectivity index (χ3v) is 2.66. The molecular formula is C14H13N5O2. The van der Waals surface area contributed by atoms with Crippen LogP contribution in [-0.2, 0) is 0 Å². The van der Waals surface area contributed by atoms with Gasteiger partial charge < -0.3 is 10.6 Å². The molecule has 1 heterocycles. The first-order chi connectivity index (χ1) is 10.2. The van der Waals surface area contributed by atoms with Crippen molar-refractivity contribution in [2.24, 2.45) is 0 Å². The summed E-state index contributed by atoms with van der Waals surface area (Å²) in [6.45, 7) is 0.230. The Hall–Kier alpha value is -3.14. The molecule has 2 amide bonds. The van der Waals surface area contributed by atoms with Gasteiger partial charge in [-0.05, 0) is 12.1 Å². The molecule has 7 nitrogen and oxygen atoms in total. The van der Waals surface area contributed by atoms with E-state index in [1.165, 1.54) is 6.20 Å². The Labute approximate surface area is 121 Å². The molecule has 106 valence electrons. The molecule has 1 aromatic heterocycles. The maximum absolute atomic E-state index is 12.0. The van der Waals surface area contributed by atoms with Crippen molar-refractivity contribution in [1.29, 1.82) is 5.26 Å². The monoisotopic (exact) mass is 283 g/mol. The molecule has 0 fully saturated rings. The maximum Gasteiger partial charge on any atom is 0.273 e. The van der Waals surface area contributed by atoms with E-state index in [0.717, 1.165) is 0 Å². The number of H-pyrrole nitrogens is 1. The van der Waals surface area contributed by atoms with Crippen molar-refractivity contribution in [2.45, 2.75) is 6.42 Å². The molecule has 0 saturated carbocycles. The maximum atomic E-state index is 12.0. The van der Waals surface area contributed by atoms with Gasteiger partial charge in [0.15, 0.2) is 5.69 Å². The van der Waals surface area contributed by atoms with Crippen LogP contribution < -0.4 is 10.6 Å². The molecule has 2 rings (SSSR count). The van der Waals surface area contributed by atoms with Gasteiger partial charge in [-0.2, -0.15) is 10.4 Å². The van der Waals surface area contributed by atoms with Crippen molar-refractivity contribution in [1.82, 2.24) is 15.5 Å². The van der Waals surface area contributed by atoms with Crippen LogP contribution in [0.5, 0.6) is 0 Å². The van der Waals surface area contributed by atoms with Crippen LogP contribution in [-0.4, -0.2) is 28.6 Å². The van der Waals surface area contributed by atoms with E-state index in [-0.39, 0.29) is 24.6 Å². The number of aromatic nitrogens is 2. The number of carbonyl (C=O) groups excluding carboxylic acids is 2. The number of hydrogen-bond acceptors (Lipinski definition) is 4. The van der Waals surface area contributed by atoms with Crippen molar-refractivity contribution in [3.8, 4) is 6.07 Å². The molecule has 1 aromatic carbocycles. The number of carbonyl (C=O) groups is 2. The summed E-state index contributed by atoms with van der Waals surface area (Å²) in [6.07, 6.45) is 1.64. The van der Waals surface area contributed by atoms with E-state index in [1.54, 1.807) is 24.3 Å². The van der Waals surface area contributed by atoms with Gasteiger partial charge in [-0.3, -0.25) is 14.7 Å². The number of benzene rings is 1. The molecule has 2 aromatic rings. The first kappa shape index (κ1) is 14.3. The van der Waals surface area contributed by atoms with E-state index in [1.807, 2.05) is 12.1 Å². The zero-order chi connectivity index (χ0) is 15.1. The lowest BCUT2D eigenvalue weighted by Crippen LogP contribution is -2.26. The minimum atomic E-state index is -0.449. The van der Waals surface area contributed by atoms with Crippen molar-refractivity contribution >= 4 is 17.5 Å². The van der Waals surface area contributed by atoms with E-state index in [2.05, 4.69) is 20.8 Å². The number of aromatic amines is 1. The molecule has 0 aliphatic rings. The summed E-state index contributed by atoms with van der Waals surface area (Å²) in [5.41, 5.74) is 0.852. The van der Waals surface area contributed by atoms with Crippen molar-refractivity contribution in [2.75, 3.05) is 11.9 Å². The van der Waals surface area contributed by atoms with Gasteiger partial charge >= 0.3 is 0 Å². The molecule has 21 heavy (non-hydrogen) atoms. The third-order valence-electron chi connectivity index (χ3n) is 2.66. The van der Waals surface area contributed by atoms with Crippen LogP contribution in [0.2, 0.25) is 0 Å². The fourth-order valence-corrected chi connectivity index (χ4v) is 1.66. The Morgan fingerprint density at radius 3 is 2.71 bits per heavy atom. The molecule has 0 radical (unpaired) electrons. The fourth-order valence-electron chi connectivity index (χ4n) is 1.66. The highest BCUT2D eigenvalue weighted by Crippen LogP contribution is 2.13. The van der Waals surface area contributed by atoms with Gasteiger partial charge in [-0.15, -0.1) is 0 Å². The largest absolute Gasteiger partial charge is 0.350 e. The summed E-state index contributed by atoms with van der Waals surface area (Å²) in [4.78, 5) is 23.9. The second kappa shape index (κ2) is 6.86. The highest BCUT2D eigenvalue weighted by Gasteiger charge is 2.16. The van der Waals surface area contributed by atoms with E-state index in [4.69, 9.17) is 5.26 Å². The molecule has 0 saturated heterocycles. The smallest absolute Gasteiger partial charge is 0.273 e. The summed E-state index contributed by atoms with van der Waals surface area (Å²) < 4.78 is 0. The summed E-state index contributed by atoms with van der Waals surface area (Å²) in [7, 11) is 0. The number of rotatable bonds is 5. The SMILES string of the molecule is N#CCCNC(=O)c1n[nH]cc1NC(=O)c1ccccc1. The van der Waals surface area contributed by atoms with Crippen LogP contribution >= 0.6 is 0 Å². The van der Waals surface area contributed by atoms with Crippen molar-refractivity contribution in [3.63, 3.8) is 0 Å². The minimum absolute atomic E-state index is 0.0808. The quantitative estimate of drug-likeness (QED) is 0.718. The van der Waals surface area contributed by atoms with Crippen LogP contribution in [0.1, 0.15) is 27.3 Å². The Bertz CT molecular complexity index is 672. The number of nitrogens with one attached hydrogen (secondary N) is 3. The minimum Gasteiger partial charge on any atom is -0.350 e. The predicted molar refractivity (Wildman–Crippen MR) is 75.5 cm³/mol. The Morgan fingerprint density at radius 2 is 2.00 bits per heavy atom. The highest BCUT2D eigenvalue weighted by atomic mass is 16.2. The number of nitrogens with zero attached hydrogens (tertiary/aromatic N) is 2. The van der Waals surface area contributed by atoms with Gasteiger partial charge in [0.05, 0.1) is 18.2 Å². The van der Waals surface area contributed by atoms with E-state index in [0.29, 0.717) is 11.3 Å². The lowest BCUT2D eigenvalue weighted by molar-refractivity contribution is 0.0950. The molecule has 0 atom stereocenters. The van der Waals surface area contributed by atoms with Gasteiger partial charge in [-0.25, -0.2) is 0 Å². The van der Waals surface area contributed by atoms with Crippen LogP contribution in [0.15, 0.2) is 36.5 Å². The van der Waals surface area contributed by atoms with Crippen molar-refractivity contribution in [3.05, 3.63) is 47.8 Å². The zero-order valence-corrected chi connectivity index (χ0v) is 11.1. The fraction of sp³-hybridized carbons (Fsp3) is 0.143. The van der Waals surface area contributed by atoms with E-state index >= 15 is 0 Å². The van der Waals surface area contributed by atoms with Crippen molar-refractivity contribution < 1.29 is 9.59 Å². The average Bonchev–Trinajstić information content (AvgIpc) is 2.96. The second-order valence-corrected chi connectivity index (χ2v) is 4.13. The summed E-state index contributed by atoms with van der Waals surface area (Å²) in [6, 6.07) is 10.6. The molecule has 0 bridgehead atoms. The first-order valence-electron chi connectivity index (χ1n) is 6.27. The Kier molecular flexibility index (Phi) is 4.66. The highest BCUT2D eigenvalue weighted by molar-refractivity contribution is 6.08. The summed E-state index contributed by atoms with van der Waals surface area (Å²) in [5, 5.41) is 19.9. The first-order valence-corrected chi connectivity index (χ1v) is 6.27. The zero-order valence-electron chi connectivity index (χ0n) is 11.1. The molecule has 7 heteroatoms. The lowest BCUT2D eigenvalue weighted by Gasteiger charge is -2.05. The topological polar surface area (TPSA) is 111 Å². The molecule has 0 unspecified atom stereocenters. The van der Waals surface area contributed by atoms with Gasteiger partial charge in [0, 0.05) is 18.3 Å². The molecule has 0 aliphatic carbocycles. The van der Waals surface area contributed by atoms with E-state index < -0.39 is 5.91 Å². The lowest BCUT2D eigenvalue weighted by atomic mass is 10.2. The Balaban J connectivity index is 2.05.